The summed E-state index contributed by atoms with van der Waals surface area (Å²) in [6.07, 6.45) is 0. The first kappa shape index (κ1) is 19.3. The summed E-state index contributed by atoms with van der Waals surface area (Å²) < 4.78 is 0. The number of hydrogen-bond acceptors (Lipinski definition) is 2. The lowest BCUT2D eigenvalue weighted by molar-refractivity contribution is -0.0307. The van der Waals surface area contributed by atoms with Crippen molar-refractivity contribution in [2.24, 2.45) is 0 Å². The average Bonchev–Trinajstić information content (AvgIpc) is 2.56. The van der Waals surface area contributed by atoms with E-state index < -0.39 is 11.4 Å². The third kappa shape index (κ3) is 4.14. The zero-order valence-corrected chi connectivity index (χ0v) is 16.1. The summed E-state index contributed by atoms with van der Waals surface area (Å²) >= 11 is 12.2. The number of carbonyl (C=O) groups is 2. The molecule has 0 atom stereocenters. The predicted molar refractivity (Wildman–Crippen MR) is 101 cm³/mol. The molecule has 2 aromatic rings. The number of hydrazine groups is 1. The molecule has 0 N–H and O–H groups in total. The summed E-state index contributed by atoms with van der Waals surface area (Å²) in [5.41, 5.74) is 0.0862. The number of hydrogen-bond donors (Lipinski definition) is 0. The minimum absolute atomic E-state index is 0.170. The first-order valence-electron chi connectivity index (χ1n) is 7.76. The molecule has 0 bridgehead atoms. The molecule has 0 heterocycles. The van der Waals surface area contributed by atoms with Crippen molar-refractivity contribution in [3.63, 3.8) is 0 Å². The molecule has 2 aromatic carbocycles. The van der Waals surface area contributed by atoms with Gasteiger partial charge < -0.3 is 0 Å². The van der Waals surface area contributed by atoms with E-state index in [2.05, 4.69) is 0 Å². The SMILES string of the molecule is CN(C(=O)c1ccccc1)N(C(=O)c1cccc(Cl)c1Cl)C(C)(C)C. The number of amides is 2. The van der Waals surface area contributed by atoms with Gasteiger partial charge in [0.25, 0.3) is 11.8 Å². The summed E-state index contributed by atoms with van der Waals surface area (Å²) in [4.78, 5) is 25.9. The van der Waals surface area contributed by atoms with Crippen LogP contribution >= 0.6 is 23.2 Å². The summed E-state index contributed by atoms with van der Waals surface area (Å²) in [5, 5.41) is 3.16. The van der Waals surface area contributed by atoms with Crippen molar-refractivity contribution in [2.45, 2.75) is 26.3 Å². The Morgan fingerprint density at radius 2 is 1.48 bits per heavy atom. The molecule has 0 unspecified atom stereocenters. The Labute approximate surface area is 157 Å². The summed E-state index contributed by atoms with van der Waals surface area (Å²) in [6, 6.07) is 13.6. The molecule has 0 spiro atoms. The van der Waals surface area contributed by atoms with Crippen LogP contribution < -0.4 is 0 Å². The largest absolute Gasteiger partial charge is 0.274 e. The van der Waals surface area contributed by atoms with E-state index in [0.29, 0.717) is 10.6 Å². The van der Waals surface area contributed by atoms with Gasteiger partial charge in [0, 0.05) is 12.6 Å². The van der Waals surface area contributed by atoms with Crippen LogP contribution in [0, 0.1) is 0 Å². The molecule has 0 fully saturated rings. The Morgan fingerprint density at radius 1 is 0.880 bits per heavy atom. The minimum atomic E-state index is -0.651. The Bertz CT molecular complexity index is 786. The van der Waals surface area contributed by atoms with Gasteiger partial charge >= 0.3 is 0 Å². The lowest BCUT2D eigenvalue weighted by Gasteiger charge is -2.41. The van der Waals surface area contributed by atoms with Crippen molar-refractivity contribution >= 4 is 35.0 Å². The van der Waals surface area contributed by atoms with Crippen LogP contribution in [0.4, 0.5) is 0 Å². The van der Waals surface area contributed by atoms with Crippen LogP contribution in [0.1, 0.15) is 41.5 Å². The van der Waals surface area contributed by atoms with Crippen LogP contribution in [0.25, 0.3) is 0 Å². The molecule has 0 aliphatic carbocycles. The van der Waals surface area contributed by atoms with Gasteiger partial charge in [-0.2, -0.15) is 0 Å². The van der Waals surface area contributed by atoms with E-state index in [1.807, 2.05) is 26.8 Å². The van der Waals surface area contributed by atoms with E-state index in [1.165, 1.54) is 10.0 Å². The normalized spacial score (nSPS) is 11.1. The second-order valence-electron chi connectivity index (χ2n) is 6.58. The van der Waals surface area contributed by atoms with Gasteiger partial charge in [-0.3, -0.25) is 9.59 Å². The highest BCUT2D eigenvalue weighted by atomic mass is 35.5. The average molecular weight is 379 g/mol. The maximum absolute atomic E-state index is 13.1. The van der Waals surface area contributed by atoms with Gasteiger partial charge in [0.1, 0.15) is 0 Å². The number of nitrogens with zero attached hydrogens (tertiary/aromatic N) is 2. The van der Waals surface area contributed by atoms with Crippen LogP contribution in [-0.2, 0) is 0 Å². The van der Waals surface area contributed by atoms with E-state index >= 15 is 0 Å². The summed E-state index contributed by atoms with van der Waals surface area (Å²) in [5.74, 6) is -0.686. The molecule has 6 heteroatoms. The Kier molecular flexibility index (Phi) is 5.76. The quantitative estimate of drug-likeness (QED) is 0.695. The van der Waals surface area contributed by atoms with Crippen molar-refractivity contribution < 1.29 is 9.59 Å². The van der Waals surface area contributed by atoms with Crippen molar-refractivity contribution in [3.8, 4) is 0 Å². The summed E-state index contributed by atoms with van der Waals surface area (Å²) in [6.45, 7) is 5.54. The van der Waals surface area contributed by atoms with E-state index in [-0.39, 0.29) is 16.5 Å². The lowest BCUT2D eigenvalue weighted by Crippen LogP contribution is -2.56. The van der Waals surface area contributed by atoms with Gasteiger partial charge in [-0.1, -0.05) is 47.5 Å². The Morgan fingerprint density at radius 3 is 2.04 bits per heavy atom. The topological polar surface area (TPSA) is 40.6 Å². The lowest BCUT2D eigenvalue weighted by atomic mass is 10.1. The van der Waals surface area contributed by atoms with Gasteiger partial charge in [-0.05, 0) is 45.0 Å². The van der Waals surface area contributed by atoms with Crippen LogP contribution in [0.15, 0.2) is 48.5 Å². The van der Waals surface area contributed by atoms with E-state index in [0.717, 1.165) is 0 Å². The van der Waals surface area contributed by atoms with Crippen molar-refractivity contribution in [1.82, 2.24) is 10.0 Å². The van der Waals surface area contributed by atoms with Crippen LogP contribution in [-0.4, -0.2) is 34.4 Å². The standard InChI is InChI=1S/C19H20Cl2N2O2/c1-19(2,3)23(18(25)14-11-8-12-15(20)16(14)21)22(4)17(24)13-9-6-5-7-10-13/h5-12H,1-4H3. The third-order valence-corrected chi connectivity index (χ3v) is 4.44. The molecule has 2 rings (SSSR count). The van der Waals surface area contributed by atoms with Crippen LogP contribution in [0.2, 0.25) is 10.0 Å². The van der Waals surface area contributed by atoms with E-state index in [1.54, 1.807) is 49.5 Å². The van der Waals surface area contributed by atoms with Gasteiger partial charge in [0.05, 0.1) is 21.1 Å². The number of benzene rings is 2. The molecule has 0 saturated heterocycles. The van der Waals surface area contributed by atoms with Crippen LogP contribution in [0.3, 0.4) is 0 Å². The van der Waals surface area contributed by atoms with Gasteiger partial charge in [0.2, 0.25) is 0 Å². The van der Waals surface area contributed by atoms with E-state index in [9.17, 15) is 9.59 Å². The highest BCUT2D eigenvalue weighted by Gasteiger charge is 2.35. The molecule has 4 nitrogen and oxygen atoms in total. The Balaban J connectivity index is 2.45. The zero-order valence-electron chi connectivity index (χ0n) is 14.6. The van der Waals surface area contributed by atoms with E-state index in [4.69, 9.17) is 23.2 Å². The first-order chi connectivity index (χ1) is 11.6. The number of carbonyl (C=O) groups excluding carboxylic acids is 2. The van der Waals surface area contributed by atoms with Crippen molar-refractivity contribution in [1.29, 1.82) is 0 Å². The van der Waals surface area contributed by atoms with Crippen LogP contribution in [0.5, 0.6) is 0 Å². The molecule has 25 heavy (non-hydrogen) atoms. The van der Waals surface area contributed by atoms with Gasteiger partial charge in [0.15, 0.2) is 0 Å². The molecule has 0 aliphatic heterocycles. The molecule has 0 saturated carbocycles. The molecular formula is C19H20Cl2N2O2. The van der Waals surface area contributed by atoms with Crippen molar-refractivity contribution in [3.05, 3.63) is 69.7 Å². The monoisotopic (exact) mass is 378 g/mol. The number of rotatable bonds is 2. The van der Waals surface area contributed by atoms with Gasteiger partial charge in [-0.15, -0.1) is 0 Å². The third-order valence-electron chi connectivity index (χ3n) is 3.62. The highest BCUT2D eigenvalue weighted by Crippen LogP contribution is 2.29. The Hall–Kier alpha value is -2.04. The molecule has 0 aromatic heterocycles. The maximum Gasteiger partial charge on any atom is 0.274 e. The van der Waals surface area contributed by atoms with Crippen molar-refractivity contribution in [2.75, 3.05) is 7.05 Å². The fourth-order valence-electron chi connectivity index (χ4n) is 2.53. The highest BCUT2D eigenvalue weighted by molar-refractivity contribution is 6.43. The predicted octanol–water partition coefficient (Wildman–Crippen LogP) is 4.92. The second-order valence-corrected chi connectivity index (χ2v) is 7.37. The minimum Gasteiger partial charge on any atom is -0.267 e. The molecule has 0 radical (unpaired) electrons. The summed E-state index contributed by atoms with van der Waals surface area (Å²) in [7, 11) is 1.57. The molecule has 132 valence electrons. The smallest absolute Gasteiger partial charge is 0.267 e. The second kappa shape index (κ2) is 7.46. The molecule has 0 aliphatic rings. The van der Waals surface area contributed by atoms with Gasteiger partial charge in [-0.25, -0.2) is 10.0 Å². The maximum atomic E-state index is 13.1. The number of halogens is 2. The molecular weight excluding hydrogens is 359 g/mol. The molecule has 2 amide bonds. The fourth-order valence-corrected chi connectivity index (χ4v) is 2.91. The fraction of sp³-hybridized carbons (Fsp3) is 0.263. The first-order valence-corrected chi connectivity index (χ1v) is 8.51. The zero-order chi connectivity index (χ0) is 18.8.